The van der Waals surface area contributed by atoms with Gasteiger partial charge in [0.1, 0.15) is 0 Å². The minimum Gasteiger partial charge on any atom is -0.469 e. The summed E-state index contributed by atoms with van der Waals surface area (Å²) in [6, 6.07) is 7.65. The van der Waals surface area contributed by atoms with Gasteiger partial charge < -0.3 is 20.3 Å². The van der Waals surface area contributed by atoms with Crippen LogP contribution in [0.5, 0.6) is 0 Å². The van der Waals surface area contributed by atoms with Gasteiger partial charge in [0.2, 0.25) is 5.91 Å². The second-order valence-corrected chi connectivity index (χ2v) is 6.29. The topological polar surface area (TPSA) is 83.0 Å². The molecule has 1 saturated heterocycles. The third-order valence-electron chi connectivity index (χ3n) is 4.33. The fraction of sp³-hybridized carbons (Fsp3) is 0.500. The van der Waals surface area contributed by atoms with Gasteiger partial charge in [-0.15, -0.1) is 0 Å². The van der Waals surface area contributed by atoms with Crippen molar-refractivity contribution < 1.29 is 14.3 Å². The van der Waals surface area contributed by atoms with Crippen molar-refractivity contribution in [1.82, 2.24) is 10.2 Å². The number of ether oxygens (including phenoxy) is 1. The Morgan fingerprint density at radius 1 is 1.36 bits per heavy atom. The van der Waals surface area contributed by atoms with E-state index in [9.17, 15) is 9.59 Å². The molecule has 2 N–H and O–H groups in total. The van der Waals surface area contributed by atoms with E-state index in [-0.39, 0.29) is 23.7 Å². The van der Waals surface area contributed by atoms with Crippen LogP contribution in [-0.4, -0.2) is 50.0 Å². The van der Waals surface area contributed by atoms with E-state index in [0.29, 0.717) is 13.1 Å². The van der Waals surface area contributed by atoms with Crippen molar-refractivity contribution in [3.8, 4) is 0 Å². The quantitative estimate of drug-likeness (QED) is 0.490. The Balaban J connectivity index is 1.97. The lowest BCUT2D eigenvalue weighted by molar-refractivity contribution is -0.146. The summed E-state index contributed by atoms with van der Waals surface area (Å²) in [6.45, 7) is 5.46. The molecule has 1 aliphatic heterocycles. The lowest BCUT2D eigenvalue weighted by atomic mass is 9.99. The average Bonchev–Trinajstić information content (AvgIpc) is 2.96. The van der Waals surface area contributed by atoms with Crippen molar-refractivity contribution >= 4 is 23.5 Å². The van der Waals surface area contributed by atoms with Gasteiger partial charge >= 0.3 is 5.97 Å². The van der Waals surface area contributed by atoms with Crippen LogP contribution in [0.15, 0.2) is 29.3 Å². The molecule has 25 heavy (non-hydrogen) atoms. The number of guanidine groups is 1. The molecule has 2 unspecified atom stereocenters. The zero-order valence-corrected chi connectivity index (χ0v) is 15.2. The molecule has 0 spiro atoms. The first kappa shape index (κ1) is 18.8. The van der Waals surface area contributed by atoms with E-state index in [1.54, 1.807) is 7.05 Å². The SMILES string of the molecule is CN=C(NCc1cccc(NC(C)=O)c1)N1CC(C)C(C(=O)OC)C1. The first-order valence-corrected chi connectivity index (χ1v) is 8.34. The maximum absolute atomic E-state index is 11.8. The molecule has 7 nitrogen and oxygen atoms in total. The monoisotopic (exact) mass is 346 g/mol. The number of amides is 1. The van der Waals surface area contributed by atoms with Gasteiger partial charge in [0, 0.05) is 39.3 Å². The normalized spacial score (nSPS) is 20.3. The predicted molar refractivity (Wildman–Crippen MR) is 97.2 cm³/mol. The molecule has 0 saturated carbocycles. The molecule has 0 aromatic heterocycles. The van der Waals surface area contributed by atoms with Gasteiger partial charge in [-0.25, -0.2) is 0 Å². The van der Waals surface area contributed by atoms with E-state index in [1.807, 2.05) is 31.2 Å². The maximum Gasteiger partial charge on any atom is 0.310 e. The molecule has 1 aromatic rings. The standard InChI is InChI=1S/C18H26N4O3/c1-12-10-22(11-16(12)17(24)25-4)18(19-3)20-9-14-6-5-7-15(8-14)21-13(2)23/h5-8,12,16H,9-11H2,1-4H3,(H,19,20)(H,21,23). The highest BCUT2D eigenvalue weighted by Crippen LogP contribution is 2.24. The van der Waals surface area contributed by atoms with Crippen LogP contribution in [0.4, 0.5) is 5.69 Å². The number of anilines is 1. The molecular formula is C18H26N4O3. The predicted octanol–water partition coefficient (Wildman–Crippen LogP) is 1.46. The first-order valence-electron chi connectivity index (χ1n) is 8.34. The third-order valence-corrected chi connectivity index (χ3v) is 4.33. The molecule has 136 valence electrons. The lowest BCUT2D eigenvalue weighted by Crippen LogP contribution is -2.40. The molecular weight excluding hydrogens is 320 g/mol. The minimum atomic E-state index is -0.173. The molecule has 0 aliphatic carbocycles. The Bertz CT molecular complexity index is 659. The van der Waals surface area contributed by atoms with Crippen LogP contribution in [-0.2, 0) is 20.9 Å². The van der Waals surface area contributed by atoms with Crippen LogP contribution in [0.1, 0.15) is 19.4 Å². The van der Waals surface area contributed by atoms with E-state index in [4.69, 9.17) is 4.74 Å². The smallest absolute Gasteiger partial charge is 0.310 e. The summed E-state index contributed by atoms with van der Waals surface area (Å²) in [6.07, 6.45) is 0. The van der Waals surface area contributed by atoms with Gasteiger partial charge in [-0.1, -0.05) is 19.1 Å². The highest BCUT2D eigenvalue weighted by Gasteiger charge is 2.36. The van der Waals surface area contributed by atoms with Gasteiger partial charge in [-0.05, 0) is 23.6 Å². The van der Waals surface area contributed by atoms with Crippen molar-refractivity contribution in [2.75, 3.05) is 32.6 Å². The number of likely N-dealkylation sites (tertiary alicyclic amines) is 1. The second kappa shape index (κ2) is 8.50. The van der Waals surface area contributed by atoms with E-state index in [0.717, 1.165) is 23.8 Å². The van der Waals surface area contributed by atoms with Crippen LogP contribution in [0, 0.1) is 11.8 Å². The maximum atomic E-state index is 11.8. The summed E-state index contributed by atoms with van der Waals surface area (Å²) >= 11 is 0. The average molecular weight is 346 g/mol. The fourth-order valence-electron chi connectivity index (χ4n) is 3.07. The van der Waals surface area contributed by atoms with Crippen LogP contribution in [0.2, 0.25) is 0 Å². The number of rotatable bonds is 4. The van der Waals surface area contributed by atoms with Gasteiger partial charge in [-0.2, -0.15) is 0 Å². The number of carbonyl (C=O) groups is 2. The summed E-state index contributed by atoms with van der Waals surface area (Å²) in [4.78, 5) is 29.4. The highest BCUT2D eigenvalue weighted by atomic mass is 16.5. The van der Waals surface area contributed by atoms with Crippen molar-refractivity contribution in [1.29, 1.82) is 0 Å². The Morgan fingerprint density at radius 2 is 2.12 bits per heavy atom. The number of methoxy groups -OCH3 is 1. The molecule has 0 bridgehead atoms. The summed E-state index contributed by atoms with van der Waals surface area (Å²) in [5, 5.41) is 6.09. The Kier molecular flexibility index (Phi) is 6.38. The molecule has 1 fully saturated rings. The molecule has 0 radical (unpaired) electrons. The number of carbonyl (C=O) groups excluding carboxylic acids is 2. The van der Waals surface area contributed by atoms with Crippen molar-refractivity contribution in [2.24, 2.45) is 16.8 Å². The van der Waals surface area contributed by atoms with Crippen LogP contribution in [0.3, 0.4) is 0 Å². The van der Waals surface area contributed by atoms with E-state index in [2.05, 4.69) is 20.5 Å². The summed E-state index contributed by atoms with van der Waals surface area (Å²) in [5.41, 5.74) is 1.80. The lowest BCUT2D eigenvalue weighted by Gasteiger charge is -2.21. The van der Waals surface area contributed by atoms with Crippen molar-refractivity contribution in [3.05, 3.63) is 29.8 Å². The van der Waals surface area contributed by atoms with Crippen molar-refractivity contribution in [2.45, 2.75) is 20.4 Å². The number of nitrogens with zero attached hydrogens (tertiary/aromatic N) is 2. The highest BCUT2D eigenvalue weighted by molar-refractivity contribution is 5.88. The third kappa shape index (κ3) is 4.95. The minimum absolute atomic E-state index is 0.0965. The molecule has 2 rings (SSSR count). The Morgan fingerprint density at radius 3 is 2.76 bits per heavy atom. The molecule has 7 heteroatoms. The van der Waals surface area contributed by atoms with Gasteiger partial charge in [0.15, 0.2) is 5.96 Å². The van der Waals surface area contributed by atoms with Gasteiger partial charge in [0.25, 0.3) is 0 Å². The Hall–Kier alpha value is -2.57. The second-order valence-electron chi connectivity index (χ2n) is 6.29. The molecule has 1 heterocycles. The first-order chi connectivity index (χ1) is 11.9. The molecule has 2 atom stereocenters. The van der Waals surface area contributed by atoms with Gasteiger partial charge in [-0.3, -0.25) is 14.6 Å². The van der Waals surface area contributed by atoms with Gasteiger partial charge in [0.05, 0.1) is 13.0 Å². The Labute approximate surface area is 148 Å². The fourth-order valence-corrected chi connectivity index (χ4v) is 3.07. The number of esters is 1. The van der Waals surface area contributed by atoms with Crippen LogP contribution < -0.4 is 10.6 Å². The van der Waals surface area contributed by atoms with Crippen LogP contribution >= 0.6 is 0 Å². The summed E-state index contributed by atoms with van der Waals surface area (Å²) < 4.78 is 4.88. The molecule has 1 aromatic carbocycles. The number of hydrogen-bond acceptors (Lipinski definition) is 4. The number of benzene rings is 1. The summed E-state index contributed by atoms with van der Waals surface area (Å²) in [7, 11) is 3.15. The largest absolute Gasteiger partial charge is 0.469 e. The van der Waals surface area contributed by atoms with E-state index in [1.165, 1.54) is 14.0 Å². The number of hydrogen-bond donors (Lipinski definition) is 2. The van der Waals surface area contributed by atoms with E-state index >= 15 is 0 Å². The zero-order chi connectivity index (χ0) is 18.4. The number of nitrogens with one attached hydrogen (secondary N) is 2. The zero-order valence-electron chi connectivity index (χ0n) is 15.2. The van der Waals surface area contributed by atoms with Crippen LogP contribution in [0.25, 0.3) is 0 Å². The van der Waals surface area contributed by atoms with Crippen molar-refractivity contribution in [3.63, 3.8) is 0 Å². The molecule has 1 aliphatic rings. The number of aliphatic imine (C=N–C) groups is 1. The molecule has 1 amide bonds. The van der Waals surface area contributed by atoms with E-state index < -0.39 is 0 Å². The summed E-state index contributed by atoms with van der Waals surface area (Å²) in [5.74, 6) is 0.568.